The first-order valence-electron chi connectivity index (χ1n) is 6.66. The monoisotopic (exact) mass is 280 g/mol. The Morgan fingerprint density at radius 1 is 1.35 bits per heavy atom. The Labute approximate surface area is 118 Å². The minimum atomic E-state index is -0.746. The van der Waals surface area contributed by atoms with Crippen molar-refractivity contribution in [3.63, 3.8) is 0 Å². The third-order valence-electron chi connectivity index (χ3n) is 3.52. The summed E-state index contributed by atoms with van der Waals surface area (Å²) >= 11 is 0. The standard InChI is InChI=1S/C13H20N4O3/c1-10-12(14-9-15-13(10)20-2)17-7-5-16(6-8-17)4-3-11(18)19/h9H,3-8H2,1-2H3,(H,18,19). The molecular formula is C13H20N4O3. The summed E-state index contributed by atoms with van der Waals surface area (Å²) in [6, 6.07) is 0. The fourth-order valence-electron chi connectivity index (χ4n) is 2.39. The van der Waals surface area contributed by atoms with Gasteiger partial charge in [-0.15, -0.1) is 0 Å². The molecule has 20 heavy (non-hydrogen) atoms. The normalized spacial score (nSPS) is 16.2. The highest BCUT2D eigenvalue weighted by Gasteiger charge is 2.21. The van der Waals surface area contributed by atoms with Crippen molar-refractivity contribution < 1.29 is 14.6 Å². The molecule has 1 N–H and O–H groups in total. The number of ether oxygens (including phenoxy) is 1. The number of rotatable bonds is 5. The third-order valence-corrected chi connectivity index (χ3v) is 3.52. The van der Waals surface area contributed by atoms with Crippen molar-refractivity contribution in [2.45, 2.75) is 13.3 Å². The van der Waals surface area contributed by atoms with Gasteiger partial charge >= 0.3 is 5.97 Å². The van der Waals surface area contributed by atoms with E-state index in [0.29, 0.717) is 12.4 Å². The molecule has 0 atom stereocenters. The minimum absolute atomic E-state index is 0.195. The van der Waals surface area contributed by atoms with E-state index in [0.717, 1.165) is 37.6 Å². The Morgan fingerprint density at radius 3 is 2.65 bits per heavy atom. The average Bonchev–Trinajstić information content (AvgIpc) is 2.46. The summed E-state index contributed by atoms with van der Waals surface area (Å²) in [5.41, 5.74) is 0.939. The van der Waals surface area contributed by atoms with Crippen molar-refractivity contribution in [1.82, 2.24) is 14.9 Å². The van der Waals surface area contributed by atoms with Crippen LogP contribution in [0.1, 0.15) is 12.0 Å². The van der Waals surface area contributed by atoms with Crippen LogP contribution in [0.25, 0.3) is 0 Å². The second kappa shape index (κ2) is 6.51. The van der Waals surface area contributed by atoms with E-state index in [1.165, 1.54) is 6.33 Å². The lowest BCUT2D eigenvalue weighted by Crippen LogP contribution is -2.47. The maximum absolute atomic E-state index is 10.6. The molecule has 1 aromatic heterocycles. The van der Waals surface area contributed by atoms with Crippen molar-refractivity contribution in [3.8, 4) is 5.88 Å². The first-order chi connectivity index (χ1) is 9.61. The first-order valence-corrected chi connectivity index (χ1v) is 6.66. The van der Waals surface area contributed by atoms with Gasteiger partial charge in [-0.05, 0) is 6.92 Å². The van der Waals surface area contributed by atoms with E-state index in [1.807, 2.05) is 6.92 Å². The van der Waals surface area contributed by atoms with Crippen LogP contribution in [0.15, 0.2) is 6.33 Å². The summed E-state index contributed by atoms with van der Waals surface area (Å²) in [5.74, 6) is 0.752. The van der Waals surface area contributed by atoms with Crippen LogP contribution in [0.3, 0.4) is 0 Å². The van der Waals surface area contributed by atoms with Crippen LogP contribution in [-0.4, -0.2) is 65.8 Å². The molecular weight excluding hydrogens is 260 g/mol. The summed E-state index contributed by atoms with van der Waals surface area (Å²) in [4.78, 5) is 23.3. The zero-order valence-electron chi connectivity index (χ0n) is 11.9. The van der Waals surface area contributed by atoms with Gasteiger partial charge in [0, 0.05) is 32.7 Å². The molecule has 0 aliphatic carbocycles. The smallest absolute Gasteiger partial charge is 0.304 e. The largest absolute Gasteiger partial charge is 0.481 e. The van der Waals surface area contributed by atoms with E-state index >= 15 is 0 Å². The fraction of sp³-hybridized carbons (Fsp3) is 0.615. The number of carbonyl (C=O) groups is 1. The highest BCUT2D eigenvalue weighted by atomic mass is 16.5. The number of carboxylic acid groups (broad SMARTS) is 1. The minimum Gasteiger partial charge on any atom is -0.481 e. The summed E-state index contributed by atoms with van der Waals surface area (Å²) in [5, 5.41) is 8.70. The van der Waals surface area contributed by atoms with Crippen LogP contribution in [0.2, 0.25) is 0 Å². The van der Waals surface area contributed by atoms with Gasteiger partial charge in [0.15, 0.2) is 0 Å². The van der Waals surface area contributed by atoms with E-state index in [-0.39, 0.29) is 6.42 Å². The van der Waals surface area contributed by atoms with Crippen molar-refractivity contribution in [2.75, 3.05) is 44.7 Å². The van der Waals surface area contributed by atoms with Crippen molar-refractivity contribution >= 4 is 11.8 Å². The zero-order valence-corrected chi connectivity index (χ0v) is 11.9. The molecule has 1 aromatic rings. The number of aromatic nitrogens is 2. The Kier molecular flexibility index (Phi) is 4.73. The zero-order chi connectivity index (χ0) is 14.5. The molecule has 0 saturated carbocycles. The van der Waals surface area contributed by atoms with E-state index in [1.54, 1.807) is 7.11 Å². The van der Waals surface area contributed by atoms with Gasteiger partial charge in [-0.3, -0.25) is 9.69 Å². The van der Waals surface area contributed by atoms with Gasteiger partial charge < -0.3 is 14.7 Å². The number of hydrogen-bond donors (Lipinski definition) is 1. The molecule has 0 spiro atoms. The van der Waals surface area contributed by atoms with Gasteiger partial charge in [0.1, 0.15) is 12.1 Å². The summed E-state index contributed by atoms with van der Waals surface area (Å²) in [6.07, 6.45) is 1.71. The first kappa shape index (κ1) is 14.5. The molecule has 1 aliphatic rings. The van der Waals surface area contributed by atoms with Gasteiger partial charge in [-0.1, -0.05) is 0 Å². The molecule has 0 bridgehead atoms. The molecule has 2 rings (SSSR count). The Balaban J connectivity index is 1.95. The Bertz CT molecular complexity index is 473. The lowest BCUT2D eigenvalue weighted by Gasteiger charge is -2.35. The number of carboxylic acids is 1. The van der Waals surface area contributed by atoms with Gasteiger partial charge in [0.25, 0.3) is 0 Å². The SMILES string of the molecule is COc1ncnc(N2CCN(CCC(=O)O)CC2)c1C. The van der Waals surface area contributed by atoms with Gasteiger partial charge in [-0.25, -0.2) is 9.97 Å². The predicted octanol–water partition coefficient (Wildman–Crippen LogP) is 0.390. The summed E-state index contributed by atoms with van der Waals surface area (Å²) < 4.78 is 5.21. The van der Waals surface area contributed by atoms with Crippen LogP contribution in [0.5, 0.6) is 5.88 Å². The van der Waals surface area contributed by atoms with Gasteiger partial charge in [0.2, 0.25) is 5.88 Å². The average molecular weight is 280 g/mol. The van der Waals surface area contributed by atoms with Crippen LogP contribution in [-0.2, 0) is 4.79 Å². The topological polar surface area (TPSA) is 78.8 Å². The molecule has 0 unspecified atom stereocenters. The van der Waals surface area contributed by atoms with Crippen molar-refractivity contribution in [2.24, 2.45) is 0 Å². The third kappa shape index (κ3) is 3.36. The maximum atomic E-state index is 10.6. The fourth-order valence-corrected chi connectivity index (χ4v) is 2.39. The quantitative estimate of drug-likeness (QED) is 0.835. The Hall–Kier alpha value is -1.89. The number of anilines is 1. The van der Waals surface area contributed by atoms with Gasteiger partial charge in [0.05, 0.1) is 19.1 Å². The van der Waals surface area contributed by atoms with E-state index < -0.39 is 5.97 Å². The number of methoxy groups -OCH3 is 1. The number of aliphatic carboxylic acids is 1. The molecule has 0 aromatic carbocycles. The molecule has 2 heterocycles. The molecule has 7 heteroatoms. The molecule has 1 fully saturated rings. The van der Waals surface area contributed by atoms with Crippen LogP contribution < -0.4 is 9.64 Å². The molecule has 1 aliphatic heterocycles. The molecule has 7 nitrogen and oxygen atoms in total. The maximum Gasteiger partial charge on any atom is 0.304 e. The summed E-state index contributed by atoms with van der Waals surface area (Å²) in [7, 11) is 1.60. The number of piperazine rings is 1. The van der Waals surface area contributed by atoms with Crippen LogP contribution in [0, 0.1) is 6.92 Å². The number of nitrogens with zero attached hydrogens (tertiary/aromatic N) is 4. The van der Waals surface area contributed by atoms with E-state index in [9.17, 15) is 4.79 Å². The lowest BCUT2D eigenvalue weighted by molar-refractivity contribution is -0.137. The highest BCUT2D eigenvalue weighted by Crippen LogP contribution is 2.24. The molecule has 0 amide bonds. The van der Waals surface area contributed by atoms with Crippen LogP contribution in [0.4, 0.5) is 5.82 Å². The van der Waals surface area contributed by atoms with E-state index in [2.05, 4.69) is 19.8 Å². The molecule has 0 radical (unpaired) electrons. The summed E-state index contributed by atoms with van der Waals surface area (Å²) in [6.45, 7) is 5.92. The Morgan fingerprint density at radius 2 is 2.05 bits per heavy atom. The van der Waals surface area contributed by atoms with E-state index in [4.69, 9.17) is 9.84 Å². The van der Waals surface area contributed by atoms with Gasteiger partial charge in [-0.2, -0.15) is 0 Å². The second-order valence-electron chi connectivity index (χ2n) is 4.80. The van der Waals surface area contributed by atoms with Crippen molar-refractivity contribution in [3.05, 3.63) is 11.9 Å². The second-order valence-corrected chi connectivity index (χ2v) is 4.80. The highest BCUT2D eigenvalue weighted by molar-refractivity contribution is 5.66. The predicted molar refractivity (Wildman–Crippen MR) is 74.2 cm³/mol. The lowest BCUT2D eigenvalue weighted by atomic mass is 10.2. The molecule has 1 saturated heterocycles. The number of hydrogen-bond acceptors (Lipinski definition) is 6. The van der Waals surface area contributed by atoms with Crippen molar-refractivity contribution in [1.29, 1.82) is 0 Å². The van der Waals surface area contributed by atoms with Crippen LogP contribution >= 0.6 is 0 Å². The molecule has 110 valence electrons.